The molecule has 0 radical (unpaired) electrons. The molecule has 2 aromatic heterocycles. The van der Waals surface area contributed by atoms with Gasteiger partial charge in [0.15, 0.2) is 0 Å². The second kappa shape index (κ2) is 8.08. The third-order valence-corrected chi connectivity index (χ3v) is 3.85. The van der Waals surface area contributed by atoms with Gasteiger partial charge < -0.3 is 5.32 Å². The molecule has 0 atom stereocenters. The van der Waals surface area contributed by atoms with Gasteiger partial charge in [0.2, 0.25) is 11.6 Å². The Hall–Kier alpha value is -4.08. The van der Waals surface area contributed by atoms with Crippen LogP contribution < -0.4 is 16.2 Å². The van der Waals surface area contributed by atoms with Crippen LogP contribution in [-0.2, 0) is 0 Å². The minimum atomic E-state index is -0.640. The summed E-state index contributed by atoms with van der Waals surface area (Å²) in [5.74, 6) is -0.261. The van der Waals surface area contributed by atoms with Crippen LogP contribution in [0.5, 0.6) is 0 Å². The first-order valence-corrected chi connectivity index (χ1v) is 8.27. The Kier molecular flexibility index (Phi) is 5.40. The molecular formula is C18H17N7O3. The molecule has 3 rings (SSSR count). The lowest BCUT2D eigenvalue weighted by atomic mass is 10.1. The summed E-state index contributed by atoms with van der Waals surface area (Å²) in [6.07, 6.45) is 2.77. The maximum Gasteiger partial charge on any atom is 0.355 e. The van der Waals surface area contributed by atoms with Crippen LogP contribution in [0.4, 0.5) is 23.1 Å². The number of aryl methyl sites for hydroxylation is 2. The van der Waals surface area contributed by atoms with Gasteiger partial charge in [-0.05, 0) is 37.1 Å². The summed E-state index contributed by atoms with van der Waals surface area (Å²) < 4.78 is 0. The second-order valence-corrected chi connectivity index (χ2v) is 5.92. The lowest BCUT2D eigenvalue weighted by Crippen LogP contribution is -2.30. The molecule has 3 N–H and O–H groups in total. The number of rotatable bonds is 6. The van der Waals surface area contributed by atoms with E-state index < -0.39 is 16.5 Å². The van der Waals surface area contributed by atoms with Crippen LogP contribution in [0.3, 0.4) is 0 Å². The van der Waals surface area contributed by atoms with Crippen LogP contribution in [0.15, 0.2) is 48.9 Å². The van der Waals surface area contributed by atoms with Gasteiger partial charge >= 0.3 is 5.69 Å². The molecule has 0 spiro atoms. The van der Waals surface area contributed by atoms with Gasteiger partial charge in [-0.1, -0.05) is 24.3 Å². The van der Waals surface area contributed by atoms with Crippen molar-refractivity contribution in [1.82, 2.24) is 20.4 Å². The number of amides is 1. The monoisotopic (exact) mass is 379 g/mol. The first kappa shape index (κ1) is 18.7. The summed E-state index contributed by atoms with van der Waals surface area (Å²) in [6.45, 7) is 3.67. The van der Waals surface area contributed by atoms with E-state index in [2.05, 4.69) is 31.1 Å². The maximum absolute atomic E-state index is 12.3. The fourth-order valence-electron chi connectivity index (χ4n) is 2.41. The highest BCUT2D eigenvalue weighted by Gasteiger charge is 2.24. The highest BCUT2D eigenvalue weighted by Crippen LogP contribution is 2.30. The van der Waals surface area contributed by atoms with Gasteiger partial charge in [-0.15, -0.1) is 0 Å². The topological polar surface area (TPSA) is 135 Å². The molecule has 0 aliphatic rings. The average molecular weight is 379 g/mol. The van der Waals surface area contributed by atoms with E-state index in [0.29, 0.717) is 11.4 Å². The number of hydrazine groups is 1. The van der Waals surface area contributed by atoms with Crippen LogP contribution in [0.25, 0.3) is 0 Å². The van der Waals surface area contributed by atoms with Crippen molar-refractivity contribution in [1.29, 1.82) is 0 Å². The molecule has 0 saturated carbocycles. The maximum atomic E-state index is 12.3. The summed E-state index contributed by atoms with van der Waals surface area (Å²) in [7, 11) is 0. The summed E-state index contributed by atoms with van der Waals surface area (Å²) in [4.78, 5) is 35.2. The number of aromatic nitrogens is 3. The highest BCUT2D eigenvalue weighted by atomic mass is 16.6. The fourth-order valence-corrected chi connectivity index (χ4v) is 2.41. The van der Waals surface area contributed by atoms with E-state index in [0.717, 1.165) is 17.5 Å². The molecule has 0 saturated heterocycles. The van der Waals surface area contributed by atoms with Crippen molar-refractivity contribution in [2.75, 3.05) is 10.7 Å². The Labute approximate surface area is 160 Å². The summed E-state index contributed by atoms with van der Waals surface area (Å²) in [5, 5.41) is 14.4. The number of hydrogen-bond acceptors (Lipinski definition) is 8. The van der Waals surface area contributed by atoms with Crippen molar-refractivity contribution in [3.8, 4) is 0 Å². The van der Waals surface area contributed by atoms with Crippen LogP contribution in [0.1, 0.15) is 21.5 Å². The Bertz CT molecular complexity index is 1020. The minimum Gasteiger partial charge on any atom is -0.319 e. The smallest absolute Gasteiger partial charge is 0.319 e. The number of hydrogen-bond donors (Lipinski definition) is 3. The quantitative estimate of drug-likeness (QED) is 0.439. The van der Waals surface area contributed by atoms with Gasteiger partial charge in [-0.25, -0.2) is 15.0 Å². The van der Waals surface area contributed by atoms with Crippen molar-refractivity contribution in [2.24, 2.45) is 0 Å². The van der Waals surface area contributed by atoms with Crippen LogP contribution >= 0.6 is 0 Å². The number of benzene rings is 1. The van der Waals surface area contributed by atoms with Gasteiger partial charge in [-0.3, -0.25) is 25.8 Å². The Morgan fingerprint density at radius 3 is 2.46 bits per heavy atom. The Morgan fingerprint density at radius 1 is 1.04 bits per heavy atom. The van der Waals surface area contributed by atoms with E-state index in [4.69, 9.17) is 0 Å². The van der Waals surface area contributed by atoms with E-state index in [1.165, 1.54) is 0 Å². The molecule has 1 amide bonds. The lowest BCUT2D eigenvalue weighted by molar-refractivity contribution is -0.383. The number of pyridine rings is 1. The summed E-state index contributed by atoms with van der Waals surface area (Å²) in [5.41, 5.74) is 6.66. The summed E-state index contributed by atoms with van der Waals surface area (Å²) in [6, 6.07) is 10.5. The molecule has 0 unspecified atom stereocenters. The molecular weight excluding hydrogens is 362 g/mol. The molecule has 1 aromatic carbocycles. The molecule has 0 bridgehead atoms. The number of carbonyl (C=O) groups is 1. The SMILES string of the molecule is Cc1ccc(Nc2ncnc(NNC(=O)c3ccccc3C)c2[N+](=O)[O-])nc1. The zero-order valence-corrected chi connectivity index (χ0v) is 15.1. The lowest BCUT2D eigenvalue weighted by Gasteiger charge is -2.11. The standard InChI is InChI=1S/C18H17N7O3/c1-11-7-8-14(19-9-11)22-16-15(25(27)28)17(21-10-20-16)23-24-18(26)13-6-4-3-5-12(13)2/h3-10H,1-2H3,(H,24,26)(H2,19,20,21,22,23). The van der Waals surface area contributed by atoms with Crippen molar-refractivity contribution in [2.45, 2.75) is 13.8 Å². The zero-order valence-electron chi connectivity index (χ0n) is 15.1. The van der Waals surface area contributed by atoms with E-state index in [1.807, 2.05) is 19.1 Å². The van der Waals surface area contributed by atoms with E-state index >= 15 is 0 Å². The van der Waals surface area contributed by atoms with E-state index in [9.17, 15) is 14.9 Å². The van der Waals surface area contributed by atoms with E-state index in [1.54, 1.807) is 37.4 Å². The van der Waals surface area contributed by atoms with Crippen molar-refractivity contribution in [3.63, 3.8) is 0 Å². The third kappa shape index (κ3) is 4.18. The molecule has 3 aromatic rings. The number of nitrogens with zero attached hydrogens (tertiary/aromatic N) is 4. The minimum absolute atomic E-state index is 0.0519. The average Bonchev–Trinajstić information content (AvgIpc) is 2.68. The number of anilines is 3. The van der Waals surface area contributed by atoms with Gasteiger partial charge in [0, 0.05) is 11.8 Å². The molecule has 0 aliphatic carbocycles. The summed E-state index contributed by atoms with van der Waals surface area (Å²) >= 11 is 0. The second-order valence-electron chi connectivity index (χ2n) is 5.92. The molecule has 10 heteroatoms. The van der Waals surface area contributed by atoms with Gasteiger partial charge in [-0.2, -0.15) is 0 Å². The van der Waals surface area contributed by atoms with Crippen LogP contribution in [0.2, 0.25) is 0 Å². The predicted octanol–water partition coefficient (Wildman–Crippen LogP) is 2.90. The highest BCUT2D eigenvalue weighted by molar-refractivity contribution is 5.96. The molecule has 0 aliphatic heterocycles. The molecule has 142 valence electrons. The molecule has 2 heterocycles. The Morgan fingerprint density at radius 2 is 1.79 bits per heavy atom. The molecule has 0 fully saturated rings. The first-order valence-electron chi connectivity index (χ1n) is 8.27. The van der Waals surface area contributed by atoms with Crippen LogP contribution in [-0.4, -0.2) is 25.8 Å². The van der Waals surface area contributed by atoms with Gasteiger partial charge in [0.25, 0.3) is 5.91 Å². The molecule has 28 heavy (non-hydrogen) atoms. The van der Waals surface area contributed by atoms with Crippen molar-refractivity contribution in [3.05, 3.63) is 75.7 Å². The van der Waals surface area contributed by atoms with Crippen molar-refractivity contribution < 1.29 is 9.72 Å². The fraction of sp³-hybridized carbons (Fsp3) is 0.111. The third-order valence-electron chi connectivity index (χ3n) is 3.85. The zero-order chi connectivity index (χ0) is 20.1. The number of nitro groups is 1. The Balaban J connectivity index is 1.83. The van der Waals surface area contributed by atoms with Crippen LogP contribution in [0, 0.1) is 24.0 Å². The normalized spacial score (nSPS) is 10.2. The van der Waals surface area contributed by atoms with Gasteiger partial charge in [0.1, 0.15) is 12.1 Å². The van der Waals surface area contributed by atoms with E-state index in [-0.39, 0.29) is 11.6 Å². The largest absolute Gasteiger partial charge is 0.355 e. The van der Waals surface area contributed by atoms with Gasteiger partial charge in [0.05, 0.1) is 4.92 Å². The number of nitrogens with one attached hydrogen (secondary N) is 3. The predicted molar refractivity (Wildman–Crippen MR) is 103 cm³/mol. The molecule has 10 nitrogen and oxygen atoms in total. The number of carbonyl (C=O) groups excluding carboxylic acids is 1. The van der Waals surface area contributed by atoms with Crippen molar-refractivity contribution >= 4 is 29.0 Å². The first-order chi connectivity index (χ1) is 13.5.